The van der Waals surface area contributed by atoms with E-state index in [-0.39, 0.29) is 19.0 Å². The van der Waals surface area contributed by atoms with E-state index >= 15 is 0 Å². The first-order valence-corrected chi connectivity index (χ1v) is 4.61. The van der Waals surface area contributed by atoms with E-state index in [0.717, 1.165) is 0 Å². The summed E-state index contributed by atoms with van der Waals surface area (Å²) in [6.45, 7) is 2.28. The highest BCUT2D eigenvalue weighted by molar-refractivity contribution is 5.79. The van der Waals surface area contributed by atoms with Crippen LogP contribution in [0, 0.1) is 5.92 Å². The second-order valence-corrected chi connectivity index (χ2v) is 3.49. The Morgan fingerprint density at radius 1 is 1.43 bits per heavy atom. The number of hydrogen-bond acceptors (Lipinski definition) is 3. The maximum absolute atomic E-state index is 11.2. The lowest BCUT2D eigenvalue weighted by Crippen LogP contribution is -2.37. The van der Waals surface area contributed by atoms with Crippen molar-refractivity contribution < 1.29 is 14.7 Å². The molecule has 1 atom stereocenters. The number of likely N-dealkylation sites (N-methyl/N-ethyl adjacent to an activating group) is 1. The Bertz CT molecular complexity index is 204. The number of carboxylic acid groups (broad SMARTS) is 1. The largest absolute Gasteiger partial charge is 0.481 e. The molecule has 14 heavy (non-hydrogen) atoms. The number of carboxylic acids is 1. The zero-order chi connectivity index (χ0) is 11.1. The predicted molar refractivity (Wildman–Crippen MR) is 53.0 cm³/mol. The average Bonchev–Trinajstić information content (AvgIpc) is 2.03. The molecule has 5 nitrogen and oxygen atoms in total. The maximum atomic E-state index is 11.2. The Morgan fingerprint density at radius 3 is 2.36 bits per heavy atom. The van der Waals surface area contributed by atoms with E-state index < -0.39 is 11.9 Å². The van der Waals surface area contributed by atoms with E-state index in [4.69, 9.17) is 5.11 Å². The van der Waals surface area contributed by atoms with E-state index in [2.05, 4.69) is 5.32 Å². The van der Waals surface area contributed by atoms with Crippen molar-refractivity contribution in [2.75, 3.05) is 27.2 Å². The Morgan fingerprint density at radius 2 is 2.00 bits per heavy atom. The first-order chi connectivity index (χ1) is 6.47. The highest BCUT2D eigenvalue weighted by Gasteiger charge is 2.15. The van der Waals surface area contributed by atoms with E-state index in [1.54, 1.807) is 25.9 Å². The van der Waals surface area contributed by atoms with Gasteiger partial charge in [0.15, 0.2) is 0 Å². The molecule has 0 aromatic carbocycles. The molecular formula is C9H18N2O3. The summed E-state index contributed by atoms with van der Waals surface area (Å²) < 4.78 is 0. The number of aliphatic carboxylic acids is 1. The number of nitrogens with one attached hydrogen (secondary N) is 1. The minimum atomic E-state index is -0.863. The molecule has 0 saturated carbocycles. The van der Waals surface area contributed by atoms with Crippen LogP contribution in [0.4, 0.5) is 0 Å². The standard InChI is InChI=1S/C9H18N2O3/c1-4-7(9(13)14)5-10-8(12)6-11(2)3/h7H,4-6H2,1-3H3,(H,10,12)(H,13,14). The van der Waals surface area contributed by atoms with Crippen LogP contribution in [0.5, 0.6) is 0 Å². The van der Waals surface area contributed by atoms with Crippen LogP contribution in [0.25, 0.3) is 0 Å². The number of rotatable bonds is 6. The van der Waals surface area contributed by atoms with Crippen LogP contribution in [0.3, 0.4) is 0 Å². The molecule has 5 heteroatoms. The minimum Gasteiger partial charge on any atom is -0.481 e. The summed E-state index contributed by atoms with van der Waals surface area (Å²) in [6.07, 6.45) is 0.525. The second-order valence-electron chi connectivity index (χ2n) is 3.49. The smallest absolute Gasteiger partial charge is 0.308 e. The quantitative estimate of drug-likeness (QED) is 0.624. The average molecular weight is 202 g/mol. The second kappa shape index (κ2) is 6.37. The van der Waals surface area contributed by atoms with Gasteiger partial charge in [-0.25, -0.2) is 0 Å². The van der Waals surface area contributed by atoms with Crippen molar-refractivity contribution in [3.8, 4) is 0 Å². The zero-order valence-electron chi connectivity index (χ0n) is 8.91. The highest BCUT2D eigenvalue weighted by atomic mass is 16.4. The molecule has 0 aliphatic heterocycles. The summed E-state index contributed by atoms with van der Waals surface area (Å²) in [5.74, 6) is -1.49. The summed E-state index contributed by atoms with van der Waals surface area (Å²) in [6, 6.07) is 0. The first kappa shape index (κ1) is 12.9. The Kier molecular flexibility index (Phi) is 5.87. The fourth-order valence-corrected chi connectivity index (χ4v) is 0.986. The molecule has 0 aromatic heterocycles. The summed E-state index contributed by atoms with van der Waals surface area (Å²) in [5, 5.41) is 11.3. The van der Waals surface area contributed by atoms with Crippen LogP contribution in [-0.4, -0.2) is 49.1 Å². The molecule has 0 radical (unpaired) electrons. The molecule has 0 saturated heterocycles. The molecule has 0 aromatic rings. The molecule has 0 bridgehead atoms. The number of carbonyl (C=O) groups is 2. The van der Waals surface area contributed by atoms with Crippen molar-refractivity contribution in [2.24, 2.45) is 5.92 Å². The third-order valence-electron chi connectivity index (χ3n) is 1.85. The third-order valence-corrected chi connectivity index (χ3v) is 1.85. The molecule has 0 rings (SSSR count). The van der Waals surface area contributed by atoms with Gasteiger partial charge in [-0.1, -0.05) is 6.92 Å². The SMILES string of the molecule is CCC(CNC(=O)CN(C)C)C(=O)O. The predicted octanol–water partition coefficient (Wildman–Crippen LogP) is -0.225. The van der Waals surface area contributed by atoms with Gasteiger partial charge in [-0.05, 0) is 20.5 Å². The zero-order valence-corrected chi connectivity index (χ0v) is 8.91. The van der Waals surface area contributed by atoms with E-state index in [1.807, 2.05) is 0 Å². The lowest BCUT2D eigenvalue weighted by molar-refractivity contribution is -0.141. The summed E-state index contributed by atoms with van der Waals surface area (Å²) in [4.78, 5) is 23.5. The van der Waals surface area contributed by atoms with Gasteiger partial charge in [0.2, 0.25) is 5.91 Å². The van der Waals surface area contributed by atoms with Crippen molar-refractivity contribution >= 4 is 11.9 Å². The van der Waals surface area contributed by atoms with Crippen LogP contribution < -0.4 is 5.32 Å². The molecule has 0 spiro atoms. The van der Waals surface area contributed by atoms with Gasteiger partial charge >= 0.3 is 5.97 Å². The molecule has 0 heterocycles. The van der Waals surface area contributed by atoms with Gasteiger partial charge in [-0.2, -0.15) is 0 Å². The van der Waals surface area contributed by atoms with E-state index in [9.17, 15) is 9.59 Å². The summed E-state index contributed by atoms with van der Waals surface area (Å²) in [7, 11) is 3.57. The van der Waals surface area contributed by atoms with E-state index in [1.165, 1.54) is 0 Å². The fourth-order valence-electron chi connectivity index (χ4n) is 0.986. The highest BCUT2D eigenvalue weighted by Crippen LogP contribution is 1.99. The van der Waals surface area contributed by atoms with Gasteiger partial charge < -0.3 is 15.3 Å². The Labute approximate surface area is 84.1 Å². The topological polar surface area (TPSA) is 69.6 Å². The Hall–Kier alpha value is -1.10. The number of amides is 1. The van der Waals surface area contributed by atoms with Crippen molar-refractivity contribution in [1.82, 2.24) is 10.2 Å². The first-order valence-electron chi connectivity index (χ1n) is 4.61. The fraction of sp³-hybridized carbons (Fsp3) is 0.778. The summed E-state index contributed by atoms with van der Waals surface area (Å²) in [5.41, 5.74) is 0. The van der Waals surface area contributed by atoms with Crippen LogP contribution in [0.2, 0.25) is 0 Å². The molecule has 1 amide bonds. The lowest BCUT2D eigenvalue weighted by atomic mass is 10.1. The monoisotopic (exact) mass is 202 g/mol. The van der Waals surface area contributed by atoms with Crippen molar-refractivity contribution in [3.05, 3.63) is 0 Å². The van der Waals surface area contributed by atoms with Crippen LogP contribution in [0.15, 0.2) is 0 Å². The lowest BCUT2D eigenvalue weighted by Gasteiger charge is -2.13. The van der Waals surface area contributed by atoms with Gasteiger partial charge in [0.25, 0.3) is 0 Å². The molecular weight excluding hydrogens is 184 g/mol. The van der Waals surface area contributed by atoms with Crippen LogP contribution in [-0.2, 0) is 9.59 Å². The molecule has 82 valence electrons. The van der Waals surface area contributed by atoms with Gasteiger partial charge in [-0.15, -0.1) is 0 Å². The van der Waals surface area contributed by atoms with Gasteiger partial charge in [0.05, 0.1) is 12.5 Å². The maximum Gasteiger partial charge on any atom is 0.308 e. The van der Waals surface area contributed by atoms with Gasteiger partial charge in [0.1, 0.15) is 0 Å². The van der Waals surface area contributed by atoms with Gasteiger partial charge in [-0.3, -0.25) is 9.59 Å². The van der Waals surface area contributed by atoms with Gasteiger partial charge in [0, 0.05) is 6.54 Å². The number of carbonyl (C=O) groups excluding carboxylic acids is 1. The minimum absolute atomic E-state index is 0.144. The molecule has 2 N–H and O–H groups in total. The Balaban J connectivity index is 3.80. The van der Waals surface area contributed by atoms with Crippen LogP contribution in [0.1, 0.15) is 13.3 Å². The van der Waals surface area contributed by atoms with Crippen LogP contribution >= 0.6 is 0 Å². The van der Waals surface area contributed by atoms with Crippen molar-refractivity contribution in [1.29, 1.82) is 0 Å². The van der Waals surface area contributed by atoms with Crippen molar-refractivity contribution in [2.45, 2.75) is 13.3 Å². The molecule has 0 aliphatic rings. The van der Waals surface area contributed by atoms with E-state index in [0.29, 0.717) is 6.42 Å². The molecule has 1 unspecified atom stereocenters. The number of hydrogen-bond donors (Lipinski definition) is 2. The van der Waals surface area contributed by atoms with Crippen molar-refractivity contribution in [3.63, 3.8) is 0 Å². The normalized spacial score (nSPS) is 12.6. The molecule has 0 fully saturated rings. The molecule has 0 aliphatic carbocycles. The summed E-state index contributed by atoms with van der Waals surface area (Å²) >= 11 is 0. The third kappa shape index (κ3) is 5.53. The number of nitrogens with zero attached hydrogens (tertiary/aromatic N) is 1.